The number of hydrogen-bond acceptors (Lipinski definition) is 4. The lowest BCUT2D eigenvalue weighted by Crippen LogP contribution is -2.31. The van der Waals surface area contributed by atoms with Gasteiger partial charge in [-0.15, -0.1) is 11.3 Å². The van der Waals surface area contributed by atoms with Crippen LogP contribution in [-0.2, 0) is 4.74 Å². The molecule has 2 N–H and O–H groups in total. The maximum atomic E-state index is 11.7. The molecule has 6 heteroatoms. The maximum absolute atomic E-state index is 11.7. The smallest absolute Gasteiger partial charge is 0.319 e. The van der Waals surface area contributed by atoms with Crippen molar-refractivity contribution in [2.75, 3.05) is 25.6 Å². The van der Waals surface area contributed by atoms with Crippen molar-refractivity contribution < 1.29 is 9.53 Å². The fourth-order valence-electron chi connectivity index (χ4n) is 2.13. The van der Waals surface area contributed by atoms with E-state index in [2.05, 4.69) is 21.7 Å². The number of benzene rings is 2. The normalized spacial score (nSPS) is 10.7. The Morgan fingerprint density at radius 2 is 1.96 bits per heavy atom. The molecule has 1 heterocycles. The highest BCUT2D eigenvalue weighted by Gasteiger charge is 2.06. The van der Waals surface area contributed by atoms with E-state index in [-0.39, 0.29) is 6.03 Å². The Kier molecular flexibility index (Phi) is 4.85. The summed E-state index contributed by atoms with van der Waals surface area (Å²) >= 11 is 1.66. The zero-order chi connectivity index (χ0) is 16.1. The first-order chi connectivity index (χ1) is 11.3. The zero-order valence-corrected chi connectivity index (χ0v) is 13.5. The summed E-state index contributed by atoms with van der Waals surface area (Å²) in [5, 5.41) is 6.47. The van der Waals surface area contributed by atoms with Crippen LogP contribution >= 0.6 is 11.3 Å². The average Bonchev–Trinajstić information content (AvgIpc) is 3.00. The number of anilines is 1. The molecular weight excluding hydrogens is 310 g/mol. The van der Waals surface area contributed by atoms with Gasteiger partial charge in [-0.1, -0.05) is 12.1 Å². The Hall–Kier alpha value is -2.44. The molecule has 0 aliphatic carbocycles. The lowest BCUT2D eigenvalue weighted by atomic mass is 10.2. The second-order valence-corrected chi connectivity index (χ2v) is 5.97. The van der Waals surface area contributed by atoms with Crippen molar-refractivity contribution in [3.8, 4) is 10.6 Å². The van der Waals surface area contributed by atoms with Gasteiger partial charge in [0.1, 0.15) is 5.01 Å². The van der Waals surface area contributed by atoms with Crippen LogP contribution in [0.5, 0.6) is 0 Å². The molecule has 0 radical (unpaired) electrons. The van der Waals surface area contributed by atoms with E-state index < -0.39 is 0 Å². The molecule has 23 heavy (non-hydrogen) atoms. The van der Waals surface area contributed by atoms with Crippen LogP contribution in [0.25, 0.3) is 20.8 Å². The third-order valence-electron chi connectivity index (χ3n) is 3.28. The number of carbonyl (C=O) groups is 1. The highest BCUT2D eigenvalue weighted by molar-refractivity contribution is 7.21. The number of para-hydroxylation sites is 1. The number of carbonyl (C=O) groups excluding carboxylic acids is 1. The number of methoxy groups -OCH3 is 1. The number of fused-ring (bicyclic) bond motifs is 1. The molecule has 2 amide bonds. The fraction of sp³-hybridized carbons (Fsp3) is 0.176. The molecule has 1 aromatic heterocycles. The van der Waals surface area contributed by atoms with Crippen LogP contribution in [0.2, 0.25) is 0 Å². The highest BCUT2D eigenvalue weighted by atomic mass is 32.1. The predicted octanol–water partition coefficient (Wildman–Crippen LogP) is 3.73. The summed E-state index contributed by atoms with van der Waals surface area (Å²) < 4.78 is 6.05. The van der Waals surface area contributed by atoms with E-state index in [4.69, 9.17) is 4.74 Å². The van der Waals surface area contributed by atoms with Gasteiger partial charge in [0.15, 0.2) is 0 Å². The SMILES string of the molecule is COCCNC(=O)Nc1ccc(-c2nc3ccccc3s2)cc1. The Morgan fingerprint density at radius 3 is 2.70 bits per heavy atom. The molecule has 0 bridgehead atoms. The van der Waals surface area contributed by atoms with Crippen LogP contribution in [0.4, 0.5) is 10.5 Å². The number of urea groups is 1. The van der Waals surface area contributed by atoms with Gasteiger partial charge in [0.2, 0.25) is 0 Å². The van der Waals surface area contributed by atoms with E-state index in [1.54, 1.807) is 18.4 Å². The van der Waals surface area contributed by atoms with Crippen molar-refractivity contribution in [2.45, 2.75) is 0 Å². The van der Waals surface area contributed by atoms with Crippen LogP contribution in [0, 0.1) is 0 Å². The van der Waals surface area contributed by atoms with Crippen molar-refractivity contribution in [1.82, 2.24) is 10.3 Å². The maximum Gasteiger partial charge on any atom is 0.319 e. The Bertz CT molecular complexity index is 766. The second kappa shape index (κ2) is 7.21. The van der Waals surface area contributed by atoms with Crippen LogP contribution in [-0.4, -0.2) is 31.3 Å². The van der Waals surface area contributed by atoms with Crippen LogP contribution in [0.1, 0.15) is 0 Å². The summed E-state index contributed by atoms with van der Waals surface area (Å²) in [4.78, 5) is 16.3. The molecule has 0 atom stereocenters. The quantitative estimate of drug-likeness (QED) is 0.702. The van der Waals surface area contributed by atoms with Gasteiger partial charge in [0, 0.05) is 24.9 Å². The topological polar surface area (TPSA) is 63.2 Å². The molecule has 0 fully saturated rings. The number of amides is 2. The van der Waals surface area contributed by atoms with E-state index in [1.165, 1.54) is 4.70 Å². The number of ether oxygens (including phenoxy) is 1. The lowest BCUT2D eigenvalue weighted by molar-refractivity contribution is 0.198. The number of aromatic nitrogens is 1. The van der Waals surface area contributed by atoms with E-state index in [1.807, 2.05) is 42.5 Å². The van der Waals surface area contributed by atoms with Gasteiger partial charge in [-0.3, -0.25) is 0 Å². The van der Waals surface area contributed by atoms with Crippen LogP contribution < -0.4 is 10.6 Å². The number of hydrogen-bond donors (Lipinski definition) is 2. The molecule has 0 saturated heterocycles. The first kappa shape index (κ1) is 15.5. The summed E-state index contributed by atoms with van der Waals surface area (Å²) in [5.74, 6) is 0. The summed E-state index contributed by atoms with van der Waals surface area (Å²) in [6.07, 6.45) is 0. The van der Waals surface area contributed by atoms with E-state index >= 15 is 0 Å². The van der Waals surface area contributed by atoms with E-state index in [0.717, 1.165) is 21.8 Å². The Balaban J connectivity index is 1.68. The third kappa shape index (κ3) is 3.85. The monoisotopic (exact) mass is 327 g/mol. The highest BCUT2D eigenvalue weighted by Crippen LogP contribution is 2.30. The minimum atomic E-state index is -0.241. The number of rotatable bonds is 5. The molecule has 118 valence electrons. The fourth-order valence-corrected chi connectivity index (χ4v) is 3.10. The molecule has 5 nitrogen and oxygen atoms in total. The molecule has 0 spiro atoms. The van der Waals surface area contributed by atoms with E-state index in [0.29, 0.717) is 13.2 Å². The molecule has 2 aromatic carbocycles. The largest absolute Gasteiger partial charge is 0.383 e. The molecule has 3 aromatic rings. The van der Waals surface area contributed by atoms with Gasteiger partial charge >= 0.3 is 6.03 Å². The minimum absolute atomic E-state index is 0.241. The van der Waals surface area contributed by atoms with Gasteiger partial charge < -0.3 is 15.4 Å². The first-order valence-corrected chi connectivity index (χ1v) is 8.08. The lowest BCUT2D eigenvalue weighted by Gasteiger charge is -2.07. The molecule has 0 aliphatic heterocycles. The molecular formula is C17H17N3O2S. The average molecular weight is 327 g/mol. The van der Waals surface area contributed by atoms with Crippen LogP contribution in [0.3, 0.4) is 0 Å². The molecule has 3 rings (SSSR count). The van der Waals surface area contributed by atoms with Gasteiger partial charge in [-0.2, -0.15) is 0 Å². The zero-order valence-electron chi connectivity index (χ0n) is 12.7. The number of thiazole rings is 1. The van der Waals surface area contributed by atoms with Crippen molar-refractivity contribution in [1.29, 1.82) is 0 Å². The van der Waals surface area contributed by atoms with Gasteiger partial charge in [0.25, 0.3) is 0 Å². The Labute approximate surface area is 138 Å². The van der Waals surface area contributed by atoms with Gasteiger partial charge in [-0.05, 0) is 36.4 Å². The van der Waals surface area contributed by atoms with Crippen LogP contribution in [0.15, 0.2) is 48.5 Å². The second-order valence-electron chi connectivity index (χ2n) is 4.94. The molecule has 0 unspecified atom stereocenters. The molecule has 0 aliphatic rings. The number of nitrogens with zero attached hydrogens (tertiary/aromatic N) is 1. The first-order valence-electron chi connectivity index (χ1n) is 7.26. The predicted molar refractivity (Wildman–Crippen MR) is 94.0 cm³/mol. The standard InChI is InChI=1S/C17H17N3O2S/c1-22-11-10-18-17(21)19-13-8-6-12(7-9-13)16-20-14-4-2-3-5-15(14)23-16/h2-9H,10-11H2,1H3,(H2,18,19,21). The van der Waals surface area contributed by atoms with Crippen molar-refractivity contribution in [2.24, 2.45) is 0 Å². The van der Waals surface area contributed by atoms with Crippen molar-refractivity contribution in [3.63, 3.8) is 0 Å². The van der Waals surface area contributed by atoms with Gasteiger partial charge in [-0.25, -0.2) is 9.78 Å². The summed E-state index contributed by atoms with van der Waals surface area (Å²) in [5.41, 5.74) is 2.79. The van der Waals surface area contributed by atoms with Crippen molar-refractivity contribution >= 4 is 33.3 Å². The van der Waals surface area contributed by atoms with E-state index in [9.17, 15) is 4.79 Å². The summed E-state index contributed by atoms with van der Waals surface area (Å²) in [7, 11) is 1.60. The molecule has 0 saturated carbocycles. The van der Waals surface area contributed by atoms with Gasteiger partial charge in [0.05, 0.1) is 16.8 Å². The summed E-state index contributed by atoms with van der Waals surface area (Å²) in [6.45, 7) is 0.968. The third-order valence-corrected chi connectivity index (χ3v) is 4.36. The summed E-state index contributed by atoms with van der Waals surface area (Å²) in [6, 6.07) is 15.5. The Morgan fingerprint density at radius 1 is 1.17 bits per heavy atom. The van der Waals surface area contributed by atoms with Crippen molar-refractivity contribution in [3.05, 3.63) is 48.5 Å². The minimum Gasteiger partial charge on any atom is -0.383 e. The number of nitrogens with one attached hydrogen (secondary N) is 2.